The van der Waals surface area contributed by atoms with Crippen molar-refractivity contribution in [1.82, 2.24) is 15.4 Å². The minimum Gasteiger partial charge on any atom is -0.324 e. The Balaban J connectivity index is 2.33. The summed E-state index contributed by atoms with van der Waals surface area (Å²) in [6.07, 6.45) is 1.70. The lowest BCUT2D eigenvalue weighted by molar-refractivity contribution is 0.838. The fourth-order valence-corrected chi connectivity index (χ4v) is 1.93. The highest BCUT2D eigenvalue weighted by Crippen LogP contribution is 2.26. The van der Waals surface area contributed by atoms with Gasteiger partial charge in [-0.2, -0.15) is 15.4 Å². The smallest absolute Gasteiger partial charge is 0.113 e. The SMILES string of the molecule is C[C@@H](N)c1cc(-c2cn[nH]n2)cs1. The van der Waals surface area contributed by atoms with E-state index in [1.54, 1.807) is 17.5 Å². The Bertz CT molecular complexity index is 377. The summed E-state index contributed by atoms with van der Waals surface area (Å²) in [7, 11) is 0. The summed E-state index contributed by atoms with van der Waals surface area (Å²) in [5.74, 6) is 0. The van der Waals surface area contributed by atoms with Crippen molar-refractivity contribution in [2.24, 2.45) is 5.73 Å². The molecule has 3 N–H and O–H groups in total. The summed E-state index contributed by atoms with van der Waals surface area (Å²) in [5.41, 5.74) is 7.69. The predicted molar refractivity (Wildman–Crippen MR) is 52.3 cm³/mol. The molecule has 0 aliphatic heterocycles. The third-order valence-electron chi connectivity index (χ3n) is 1.78. The Morgan fingerprint density at radius 3 is 3.00 bits per heavy atom. The van der Waals surface area contributed by atoms with E-state index >= 15 is 0 Å². The molecular formula is C8H10N4S. The molecule has 2 heterocycles. The van der Waals surface area contributed by atoms with Crippen LogP contribution in [-0.4, -0.2) is 15.4 Å². The summed E-state index contributed by atoms with van der Waals surface area (Å²) < 4.78 is 0. The quantitative estimate of drug-likeness (QED) is 0.762. The molecule has 0 amide bonds. The molecule has 0 bridgehead atoms. The highest BCUT2D eigenvalue weighted by atomic mass is 32.1. The lowest BCUT2D eigenvalue weighted by Crippen LogP contribution is -2.01. The molecule has 2 rings (SSSR count). The molecule has 0 unspecified atom stereocenters. The summed E-state index contributed by atoms with van der Waals surface area (Å²) in [6, 6.07) is 2.14. The average molecular weight is 194 g/mol. The molecule has 1 atom stereocenters. The lowest BCUT2D eigenvalue weighted by atomic mass is 10.2. The van der Waals surface area contributed by atoms with Gasteiger partial charge in [0.05, 0.1) is 6.20 Å². The first kappa shape index (κ1) is 8.40. The van der Waals surface area contributed by atoms with Crippen LogP contribution in [0, 0.1) is 0 Å². The van der Waals surface area contributed by atoms with Gasteiger partial charge in [-0.25, -0.2) is 0 Å². The van der Waals surface area contributed by atoms with Crippen LogP contribution >= 0.6 is 11.3 Å². The third kappa shape index (κ3) is 1.61. The van der Waals surface area contributed by atoms with Gasteiger partial charge in [-0.05, 0) is 13.0 Å². The Kier molecular flexibility index (Phi) is 2.12. The molecule has 0 radical (unpaired) electrons. The minimum atomic E-state index is 0.0886. The standard InChI is InChI=1S/C8H10N4S/c1-5(9)8-2-6(4-13-8)7-3-10-12-11-7/h2-5H,9H2,1H3,(H,10,11,12)/t5-/m1/s1. The topological polar surface area (TPSA) is 67.6 Å². The molecule has 0 spiro atoms. The molecule has 4 nitrogen and oxygen atoms in total. The van der Waals surface area contributed by atoms with E-state index in [1.165, 1.54) is 0 Å². The van der Waals surface area contributed by atoms with E-state index in [4.69, 9.17) is 5.73 Å². The fourth-order valence-electron chi connectivity index (χ4n) is 1.07. The van der Waals surface area contributed by atoms with Crippen molar-refractivity contribution >= 4 is 11.3 Å². The van der Waals surface area contributed by atoms with Gasteiger partial charge in [0, 0.05) is 21.9 Å². The number of aromatic nitrogens is 3. The number of hydrogen-bond acceptors (Lipinski definition) is 4. The maximum atomic E-state index is 5.75. The summed E-state index contributed by atoms with van der Waals surface area (Å²) in [4.78, 5) is 1.16. The molecule has 0 aliphatic rings. The Morgan fingerprint density at radius 1 is 1.62 bits per heavy atom. The fraction of sp³-hybridized carbons (Fsp3) is 0.250. The maximum Gasteiger partial charge on any atom is 0.113 e. The predicted octanol–water partition coefficient (Wildman–Crippen LogP) is 1.55. The zero-order valence-corrected chi connectivity index (χ0v) is 8.01. The number of thiophene rings is 1. The minimum absolute atomic E-state index is 0.0886. The summed E-state index contributed by atoms with van der Waals surface area (Å²) in [6.45, 7) is 1.97. The second kappa shape index (κ2) is 3.27. The van der Waals surface area contributed by atoms with Gasteiger partial charge < -0.3 is 5.73 Å². The van der Waals surface area contributed by atoms with E-state index in [0.29, 0.717) is 0 Å². The van der Waals surface area contributed by atoms with E-state index in [2.05, 4.69) is 15.4 Å². The zero-order valence-electron chi connectivity index (χ0n) is 7.19. The monoisotopic (exact) mass is 194 g/mol. The molecule has 0 aromatic carbocycles. The van der Waals surface area contributed by atoms with Crippen LogP contribution in [0.2, 0.25) is 0 Å². The molecule has 5 heteroatoms. The van der Waals surface area contributed by atoms with E-state index in [9.17, 15) is 0 Å². The Morgan fingerprint density at radius 2 is 2.46 bits per heavy atom. The Labute approximate surface area is 79.8 Å². The first-order chi connectivity index (χ1) is 6.27. The second-order valence-corrected chi connectivity index (χ2v) is 3.82. The summed E-state index contributed by atoms with van der Waals surface area (Å²) in [5, 5.41) is 12.4. The first-order valence-electron chi connectivity index (χ1n) is 3.97. The van der Waals surface area contributed by atoms with Crippen molar-refractivity contribution in [1.29, 1.82) is 0 Å². The van der Waals surface area contributed by atoms with Crippen LogP contribution in [0.15, 0.2) is 17.6 Å². The number of nitrogens with one attached hydrogen (secondary N) is 1. The summed E-state index contributed by atoms with van der Waals surface area (Å²) >= 11 is 1.65. The van der Waals surface area contributed by atoms with Gasteiger partial charge in [0.2, 0.25) is 0 Å². The van der Waals surface area contributed by atoms with E-state index in [1.807, 2.05) is 18.4 Å². The molecule has 0 saturated carbocycles. The van der Waals surface area contributed by atoms with E-state index in [0.717, 1.165) is 16.1 Å². The number of rotatable bonds is 2. The van der Waals surface area contributed by atoms with Crippen LogP contribution in [0.3, 0.4) is 0 Å². The number of nitrogens with zero attached hydrogens (tertiary/aromatic N) is 2. The van der Waals surface area contributed by atoms with Gasteiger partial charge in [-0.1, -0.05) is 0 Å². The van der Waals surface area contributed by atoms with Crippen molar-refractivity contribution < 1.29 is 0 Å². The van der Waals surface area contributed by atoms with Crippen molar-refractivity contribution in [3.05, 3.63) is 22.5 Å². The number of nitrogens with two attached hydrogens (primary N) is 1. The molecule has 0 fully saturated rings. The Hall–Kier alpha value is -1.20. The third-order valence-corrected chi connectivity index (χ3v) is 2.91. The highest BCUT2D eigenvalue weighted by molar-refractivity contribution is 7.10. The maximum absolute atomic E-state index is 5.75. The molecule has 0 saturated heterocycles. The van der Waals surface area contributed by atoms with Gasteiger partial charge in [0.15, 0.2) is 0 Å². The van der Waals surface area contributed by atoms with E-state index < -0.39 is 0 Å². The molecule has 2 aromatic heterocycles. The van der Waals surface area contributed by atoms with Crippen LogP contribution in [0.4, 0.5) is 0 Å². The van der Waals surface area contributed by atoms with Gasteiger partial charge in [0.25, 0.3) is 0 Å². The lowest BCUT2D eigenvalue weighted by Gasteiger charge is -1.97. The van der Waals surface area contributed by atoms with Gasteiger partial charge in [-0.15, -0.1) is 11.3 Å². The normalized spacial score (nSPS) is 13.1. The average Bonchev–Trinajstić information content (AvgIpc) is 2.75. The number of H-pyrrole nitrogens is 1. The largest absolute Gasteiger partial charge is 0.324 e. The van der Waals surface area contributed by atoms with Gasteiger partial charge in [-0.3, -0.25) is 0 Å². The van der Waals surface area contributed by atoms with Crippen LogP contribution in [0.5, 0.6) is 0 Å². The van der Waals surface area contributed by atoms with Crippen LogP contribution < -0.4 is 5.73 Å². The molecular weight excluding hydrogens is 184 g/mol. The van der Waals surface area contributed by atoms with Crippen molar-refractivity contribution in [2.75, 3.05) is 0 Å². The zero-order chi connectivity index (χ0) is 9.26. The molecule has 0 aliphatic carbocycles. The van der Waals surface area contributed by atoms with Crippen molar-refractivity contribution in [3.8, 4) is 11.3 Å². The first-order valence-corrected chi connectivity index (χ1v) is 4.85. The van der Waals surface area contributed by atoms with Gasteiger partial charge >= 0.3 is 0 Å². The number of hydrogen-bond donors (Lipinski definition) is 2. The molecule has 68 valence electrons. The number of aromatic amines is 1. The molecule has 2 aromatic rings. The second-order valence-electron chi connectivity index (χ2n) is 2.88. The van der Waals surface area contributed by atoms with Crippen LogP contribution in [0.25, 0.3) is 11.3 Å². The van der Waals surface area contributed by atoms with Crippen molar-refractivity contribution in [3.63, 3.8) is 0 Å². The van der Waals surface area contributed by atoms with Crippen LogP contribution in [0.1, 0.15) is 17.8 Å². The van der Waals surface area contributed by atoms with E-state index in [-0.39, 0.29) is 6.04 Å². The van der Waals surface area contributed by atoms with Gasteiger partial charge in [0.1, 0.15) is 5.69 Å². The van der Waals surface area contributed by atoms with Crippen molar-refractivity contribution in [2.45, 2.75) is 13.0 Å². The van der Waals surface area contributed by atoms with Crippen LogP contribution in [-0.2, 0) is 0 Å². The molecule has 13 heavy (non-hydrogen) atoms. The highest BCUT2D eigenvalue weighted by Gasteiger charge is 2.06.